The van der Waals surface area contributed by atoms with Crippen LogP contribution in [0.2, 0.25) is 10.0 Å². The maximum Gasteiger partial charge on any atom is 0.424 e. The average Bonchev–Trinajstić information content (AvgIpc) is 2.69. The molecule has 0 spiro atoms. The van der Waals surface area contributed by atoms with Gasteiger partial charge in [-0.15, -0.1) is 0 Å². The fourth-order valence-corrected chi connectivity index (χ4v) is 4.20. The number of sulfonamides is 1. The number of rotatable bonds is 9. The minimum Gasteiger partial charge on any atom is -0.480 e. The number of carbonyl (C=O) groups is 1. The summed E-state index contributed by atoms with van der Waals surface area (Å²) >= 11 is 11.9. The number of hydrogen-bond donors (Lipinski definition) is 4. The molecule has 0 fully saturated rings. The molecule has 176 valence electrons. The zero-order chi connectivity index (χ0) is 24.3. The number of carboxylic acid groups (broad SMARTS) is 1. The smallest absolute Gasteiger partial charge is 0.424 e. The zero-order valence-electron chi connectivity index (χ0n) is 16.1. The lowest BCUT2D eigenvalue weighted by molar-refractivity contribution is -0.264. The summed E-state index contributed by atoms with van der Waals surface area (Å²) in [6.07, 6.45) is -4.79. The lowest BCUT2D eigenvalue weighted by Gasteiger charge is -2.30. The fourth-order valence-electron chi connectivity index (χ4n) is 2.55. The first-order chi connectivity index (χ1) is 14.7. The second-order valence-electron chi connectivity index (χ2n) is 6.79. The number of nitrogens with two attached hydrogens (primary N) is 1. The van der Waals surface area contributed by atoms with E-state index in [1.165, 1.54) is 24.3 Å². The molecule has 0 aliphatic heterocycles. The van der Waals surface area contributed by atoms with Gasteiger partial charge in [0.25, 0.3) is 0 Å². The normalized spacial score (nSPS) is 15.2. The maximum absolute atomic E-state index is 13.7. The molecule has 1 aromatic heterocycles. The number of nitrogens with one attached hydrogen (secondary N) is 1. The van der Waals surface area contributed by atoms with Crippen molar-refractivity contribution in [1.82, 2.24) is 9.71 Å². The van der Waals surface area contributed by atoms with Gasteiger partial charge in [0.15, 0.2) is 0 Å². The lowest BCUT2D eigenvalue weighted by Crippen LogP contribution is -2.52. The van der Waals surface area contributed by atoms with Crippen LogP contribution in [0.25, 0.3) is 11.1 Å². The first-order valence-corrected chi connectivity index (χ1v) is 11.2. The summed E-state index contributed by atoms with van der Waals surface area (Å²) < 4.78 is 66.6. The number of benzene rings is 1. The number of alkyl halides is 3. The van der Waals surface area contributed by atoms with Crippen LogP contribution in [0.4, 0.5) is 13.2 Å². The van der Waals surface area contributed by atoms with E-state index in [0.717, 1.165) is 12.3 Å². The second kappa shape index (κ2) is 9.89. The number of aromatic nitrogens is 1. The van der Waals surface area contributed by atoms with Gasteiger partial charge in [0, 0.05) is 27.4 Å². The second-order valence-corrected chi connectivity index (χ2v) is 9.56. The van der Waals surface area contributed by atoms with Gasteiger partial charge in [-0.1, -0.05) is 35.3 Å². The average molecular weight is 516 g/mol. The van der Waals surface area contributed by atoms with Crippen LogP contribution in [0, 0.1) is 0 Å². The standard InChI is InChI=1S/C18H18Cl2F3N3O5S/c19-11-2-3-12(13(20)7-11)10-1-4-15(25-8-10)17(29,18(21,22)23)9-26-32(30,31)6-5-14(24)16(27)28/h1-4,7-8,14,26,29H,5-6,9,24H2,(H,27,28)/t14-,17?/m0/s1. The highest BCUT2D eigenvalue weighted by Gasteiger charge is 2.56. The van der Waals surface area contributed by atoms with Crippen molar-refractivity contribution in [3.8, 4) is 11.1 Å². The third-order valence-corrected chi connectivity index (χ3v) is 6.37. The molecule has 0 saturated heterocycles. The Morgan fingerprint density at radius 1 is 1.22 bits per heavy atom. The molecule has 1 aromatic carbocycles. The zero-order valence-corrected chi connectivity index (χ0v) is 18.4. The van der Waals surface area contributed by atoms with Crippen LogP contribution in [-0.2, 0) is 20.4 Å². The van der Waals surface area contributed by atoms with Gasteiger partial charge in [-0.3, -0.25) is 9.78 Å². The van der Waals surface area contributed by atoms with Crippen molar-refractivity contribution in [2.75, 3.05) is 12.3 Å². The summed E-state index contributed by atoms with van der Waals surface area (Å²) in [6.45, 7) is -1.48. The summed E-state index contributed by atoms with van der Waals surface area (Å²) in [5.74, 6) is -2.31. The molecular formula is C18H18Cl2F3N3O5S. The molecule has 0 bridgehead atoms. The molecular weight excluding hydrogens is 498 g/mol. The van der Waals surface area contributed by atoms with Gasteiger partial charge in [0.2, 0.25) is 15.6 Å². The molecule has 2 rings (SSSR count). The first kappa shape index (κ1) is 26.3. The highest BCUT2D eigenvalue weighted by molar-refractivity contribution is 7.89. The Hall–Kier alpha value is -1.96. The maximum atomic E-state index is 13.7. The minimum absolute atomic E-state index is 0.227. The Labute approximate surface area is 191 Å². The molecule has 0 radical (unpaired) electrons. The predicted molar refractivity (Wildman–Crippen MR) is 112 cm³/mol. The van der Waals surface area contributed by atoms with Crippen LogP contribution >= 0.6 is 23.2 Å². The van der Waals surface area contributed by atoms with Gasteiger partial charge in [-0.25, -0.2) is 13.1 Å². The quantitative estimate of drug-likeness (QED) is 0.401. The molecule has 5 N–H and O–H groups in total. The van der Waals surface area contributed by atoms with Gasteiger partial charge < -0.3 is 15.9 Å². The molecule has 14 heteroatoms. The Bertz CT molecular complexity index is 1080. The van der Waals surface area contributed by atoms with Crippen molar-refractivity contribution < 1.29 is 36.6 Å². The third kappa shape index (κ3) is 6.30. The van der Waals surface area contributed by atoms with Gasteiger partial charge in [-0.05, 0) is 24.6 Å². The number of pyridine rings is 1. The van der Waals surface area contributed by atoms with Gasteiger partial charge in [0.05, 0.1) is 18.0 Å². The minimum atomic E-state index is -5.29. The molecule has 32 heavy (non-hydrogen) atoms. The van der Waals surface area contributed by atoms with E-state index in [1.54, 1.807) is 4.72 Å². The molecule has 1 unspecified atom stereocenters. The van der Waals surface area contributed by atoms with Crippen LogP contribution in [0.1, 0.15) is 12.1 Å². The van der Waals surface area contributed by atoms with E-state index in [0.29, 0.717) is 16.1 Å². The van der Waals surface area contributed by atoms with Gasteiger partial charge in [-0.2, -0.15) is 13.2 Å². The SMILES string of the molecule is N[C@@H](CCS(=O)(=O)NCC(O)(c1ccc(-c2ccc(Cl)cc2Cl)cn1)C(F)(F)F)C(=O)O. The van der Waals surface area contributed by atoms with E-state index in [9.17, 15) is 31.5 Å². The van der Waals surface area contributed by atoms with E-state index in [-0.39, 0.29) is 5.02 Å². The van der Waals surface area contributed by atoms with Crippen molar-refractivity contribution in [2.24, 2.45) is 5.73 Å². The number of aliphatic hydroxyl groups is 1. The third-order valence-electron chi connectivity index (χ3n) is 4.46. The lowest BCUT2D eigenvalue weighted by atomic mass is 9.97. The van der Waals surface area contributed by atoms with E-state index in [2.05, 4.69) is 4.98 Å². The van der Waals surface area contributed by atoms with Crippen molar-refractivity contribution in [3.63, 3.8) is 0 Å². The largest absolute Gasteiger partial charge is 0.480 e. The molecule has 0 aliphatic rings. The molecule has 0 aliphatic carbocycles. The van der Waals surface area contributed by atoms with Crippen molar-refractivity contribution in [1.29, 1.82) is 0 Å². The van der Waals surface area contributed by atoms with Crippen LogP contribution in [0.3, 0.4) is 0 Å². The van der Waals surface area contributed by atoms with E-state index >= 15 is 0 Å². The summed E-state index contributed by atoms with van der Waals surface area (Å²) in [4.78, 5) is 14.3. The van der Waals surface area contributed by atoms with Crippen LogP contribution in [-0.4, -0.2) is 54.1 Å². The van der Waals surface area contributed by atoms with Gasteiger partial charge in [0.1, 0.15) is 6.04 Å². The van der Waals surface area contributed by atoms with Crippen LogP contribution < -0.4 is 10.5 Å². The fraction of sp³-hybridized carbons (Fsp3) is 0.333. The van der Waals surface area contributed by atoms with Gasteiger partial charge >= 0.3 is 12.1 Å². The number of halogens is 5. The van der Waals surface area contributed by atoms with E-state index in [4.69, 9.17) is 34.0 Å². The van der Waals surface area contributed by atoms with Crippen molar-refractivity contribution in [2.45, 2.75) is 24.2 Å². The highest BCUT2D eigenvalue weighted by Crippen LogP contribution is 2.38. The Kier molecular flexibility index (Phi) is 8.13. The molecule has 0 saturated carbocycles. The first-order valence-electron chi connectivity index (χ1n) is 8.83. The summed E-state index contributed by atoms with van der Waals surface area (Å²) in [5, 5.41) is 19.6. The van der Waals surface area contributed by atoms with E-state index < -0.39 is 58.2 Å². The molecule has 2 atom stereocenters. The molecule has 0 amide bonds. The Morgan fingerprint density at radius 3 is 2.38 bits per heavy atom. The number of hydrogen-bond acceptors (Lipinski definition) is 6. The highest BCUT2D eigenvalue weighted by atomic mass is 35.5. The summed E-state index contributed by atoms with van der Waals surface area (Å²) in [6, 6.07) is 5.10. The predicted octanol–water partition coefficient (Wildman–Crippen LogP) is 2.53. The van der Waals surface area contributed by atoms with Crippen LogP contribution in [0.5, 0.6) is 0 Å². The topological polar surface area (TPSA) is 143 Å². The number of carboxylic acids is 1. The number of nitrogens with zero attached hydrogens (tertiary/aromatic N) is 1. The van der Waals surface area contributed by atoms with Crippen LogP contribution in [0.15, 0.2) is 36.5 Å². The summed E-state index contributed by atoms with van der Waals surface area (Å²) in [7, 11) is -4.38. The Morgan fingerprint density at radius 2 is 1.88 bits per heavy atom. The van der Waals surface area contributed by atoms with Crippen molar-refractivity contribution in [3.05, 3.63) is 52.3 Å². The summed E-state index contributed by atoms with van der Waals surface area (Å²) in [5.41, 5.74) is 1.45. The van der Waals surface area contributed by atoms with Crippen molar-refractivity contribution >= 4 is 39.2 Å². The Balaban J connectivity index is 2.26. The monoisotopic (exact) mass is 515 g/mol. The molecule has 8 nitrogen and oxygen atoms in total. The molecule has 1 heterocycles. The van der Waals surface area contributed by atoms with E-state index in [1.807, 2.05) is 0 Å². The number of aliphatic carboxylic acids is 1. The molecule has 2 aromatic rings.